The third-order valence-electron chi connectivity index (χ3n) is 4.26. The van der Waals surface area contributed by atoms with Gasteiger partial charge in [0.1, 0.15) is 12.4 Å². The number of nitrogens with one attached hydrogen (secondary N) is 2. The average molecular weight is 412 g/mol. The molecule has 3 rings (SSSR count). The molecule has 0 radical (unpaired) electrons. The van der Waals surface area contributed by atoms with E-state index in [1.807, 2.05) is 56.6 Å². The normalized spacial score (nSPS) is 12.1. The maximum Gasteiger partial charge on any atom is 0.256 e. The molecule has 0 bridgehead atoms. The van der Waals surface area contributed by atoms with Crippen LogP contribution >= 0.6 is 24.8 Å². The molecule has 5 nitrogen and oxygen atoms in total. The van der Waals surface area contributed by atoms with Crippen molar-refractivity contribution < 1.29 is 9.53 Å². The molecular weight excluding hydrogens is 385 g/mol. The van der Waals surface area contributed by atoms with Crippen LogP contribution in [0.3, 0.4) is 0 Å². The number of hydrogen-bond donors (Lipinski definition) is 2. The van der Waals surface area contributed by atoms with Gasteiger partial charge in [0.25, 0.3) is 5.91 Å². The van der Waals surface area contributed by atoms with E-state index in [0.717, 1.165) is 54.2 Å². The summed E-state index contributed by atoms with van der Waals surface area (Å²) >= 11 is 0. The highest BCUT2D eigenvalue weighted by Crippen LogP contribution is 2.26. The van der Waals surface area contributed by atoms with Crippen molar-refractivity contribution in [3.8, 4) is 5.75 Å². The van der Waals surface area contributed by atoms with Gasteiger partial charge >= 0.3 is 0 Å². The molecule has 0 spiro atoms. The van der Waals surface area contributed by atoms with Crippen molar-refractivity contribution in [1.29, 1.82) is 0 Å². The molecule has 1 heterocycles. The number of rotatable bonds is 6. The lowest BCUT2D eigenvalue weighted by atomic mass is 9.97. The van der Waals surface area contributed by atoms with Crippen LogP contribution in [0.2, 0.25) is 0 Å². The third kappa shape index (κ3) is 6.31. The van der Waals surface area contributed by atoms with Crippen LogP contribution in [0.5, 0.6) is 5.75 Å². The topological polar surface area (TPSA) is 53.6 Å². The van der Waals surface area contributed by atoms with E-state index in [1.54, 1.807) is 0 Å². The minimum Gasteiger partial charge on any atom is -0.492 e. The number of anilines is 2. The first-order chi connectivity index (χ1) is 12.1. The van der Waals surface area contributed by atoms with Gasteiger partial charge in [-0.25, -0.2) is 0 Å². The molecule has 0 atom stereocenters. The van der Waals surface area contributed by atoms with Crippen LogP contribution in [0.4, 0.5) is 11.4 Å². The van der Waals surface area contributed by atoms with Gasteiger partial charge in [-0.2, -0.15) is 0 Å². The van der Waals surface area contributed by atoms with Gasteiger partial charge in [-0.1, -0.05) is 6.07 Å². The molecule has 0 fully saturated rings. The van der Waals surface area contributed by atoms with Crippen LogP contribution in [0.25, 0.3) is 0 Å². The van der Waals surface area contributed by atoms with E-state index in [9.17, 15) is 4.79 Å². The van der Waals surface area contributed by atoms with Crippen LogP contribution in [-0.2, 0) is 6.42 Å². The van der Waals surface area contributed by atoms with Gasteiger partial charge in [0.15, 0.2) is 0 Å². The monoisotopic (exact) mass is 411 g/mol. The van der Waals surface area contributed by atoms with Gasteiger partial charge in [-0.3, -0.25) is 4.79 Å². The highest BCUT2D eigenvalue weighted by molar-refractivity contribution is 6.06. The minimum atomic E-state index is -0.0678. The van der Waals surface area contributed by atoms with Crippen molar-refractivity contribution in [3.05, 3.63) is 53.6 Å². The number of hydrogen-bond acceptors (Lipinski definition) is 4. The molecule has 0 saturated carbocycles. The highest BCUT2D eigenvalue weighted by Gasteiger charge is 2.17. The first-order valence-corrected chi connectivity index (χ1v) is 8.68. The van der Waals surface area contributed by atoms with E-state index in [2.05, 4.69) is 15.5 Å². The molecule has 148 valence electrons. The Morgan fingerprint density at radius 3 is 2.59 bits per heavy atom. The maximum absolute atomic E-state index is 12.6. The summed E-state index contributed by atoms with van der Waals surface area (Å²) in [7, 11) is 4.03. The molecule has 7 heteroatoms. The quantitative estimate of drug-likeness (QED) is 0.751. The number of fused-ring (bicyclic) bond motifs is 1. The molecule has 1 aliphatic heterocycles. The molecule has 1 amide bonds. The number of halogens is 2. The van der Waals surface area contributed by atoms with Gasteiger partial charge in [-0.15, -0.1) is 24.8 Å². The maximum atomic E-state index is 12.6. The summed E-state index contributed by atoms with van der Waals surface area (Å²) in [5.41, 5.74) is 3.70. The van der Waals surface area contributed by atoms with Gasteiger partial charge in [0.2, 0.25) is 0 Å². The van der Waals surface area contributed by atoms with Crippen LogP contribution in [0.15, 0.2) is 42.5 Å². The fourth-order valence-corrected chi connectivity index (χ4v) is 2.90. The molecule has 0 aromatic heterocycles. The molecule has 2 aromatic carbocycles. The van der Waals surface area contributed by atoms with E-state index < -0.39 is 0 Å². The second kappa shape index (κ2) is 11.0. The summed E-state index contributed by atoms with van der Waals surface area (Å²) in [4.78, 5) is 14.7. The standard InChI is InChI=1S/C20H25N3O2.2ClH/c1-23(2)13-14-25-16-10-8-15(9-11-16)22-20(24)18-5-3-7-19-17(18)6-4-12-21-19;;/h3,5,7-11,21H,4,6,12-14H2,1-2H3,(H,22,24);2*1H. The summed E-state index contributed by atoms with van der Waals surface area (Å²) < 4.78 is 5.67. The van der Waals surface area contributed by atoms with Gasteiger partial charge < -0.3 is 20.3 Å². The van der Waals surface area contributed by atoms with Crippen molar-refractivity contribution in [2.45, 2.75) is 12.8 Å². The number of likely N-dealkylation sites (N-methyl/N-ethyl adjacent to an activating group) is 1. The Labute approximate surface area is 173 Å². The number of amides is 1. The predicted molar refractivity (Wildman–Crippen MR) is 116 cm³/mol. The Balaban J connectivity index is 0.00000182. The summed E-state index contributed by atoms with van der Waals surface area (Å²) in [5, 5.41) is 6.34. The summed E-state index contributed by atoms with van der Waals surface area (Å²) in [6, 6.07) is 13.4. The number of benzene rings is 2. The van der Waals surface area contributed by atoms with E-state index in [0.29, 0.717) is 6.61 Å². The molecule has 1 aliphatic rings. The minimum absolute atomic E-state index is 0. The van der Waals surface area contributed by atoms with Gasteiger partial charge in [0, 0.05) is 30.0 Å². The molecular formula is C20H27Cl2N3O2. The Morgan fingerprint density at radius 1 is 1.15 bits per heavy atom. The van der Waals surface area contributed by atoms with Crippen LogP contribution in [0, 0.1) is 0 Å². The molecule has 2 N–H and O–H groups in total. The number of ether oxygens (including phenoxy) is 1. The van der Waals surface area contributed by atoms with E-state index in [1.165, 1.54) is 0 Å². The van der Waals surface area contributed by atoms with Gasteiger partial charge in [0.05, 0.1) is 0 Å². The second-order valence-electron chi connectivity index (χ2n) is 6.49. The first kappa shape index (κ1) is 23.1. The third-order valence-corrected chi connectivity index (χ3v) is 4.26. The number of nitrogens with zero attached hydrogens (tertiary/aromatic N) is 1. The van der Waals surface area contributed by atoms with E-state index >= 15 is 0 Å². The van der Waals surface area contributed by atoms with E-state index in [4.69, 9.17) is 4.74 Å². The molecule has 0 saturated heterocycles. The first-order valence-electron chi connectivity index (χ1n) is 8.68. The largest absolute Gasteiger partial charge is 0.492 e. The molecule has 0 aliphatic carbocycles. The Morgan fingerprint density at radius 2 is 1.89 bits per heavy atom. The Kier molecular flexibility index (Phi) is 9.43. The molecule has 2 aromatic rings. The Hall–Kier alpha value is -1.95. The van der Waals surface area contributed by atoms with Crippen molar-refractivity contribution in [2.24, 2.45) is 0 Å². The van der Waals surface area contributed by atoms with Crippen molar-refractivity contribution in [2.75, 3.05) is 44.4 Å². The zero-order valence-electron chi connectivity index (χ0n) is 15.7. The zero-order valence-corrected chi connectivity index (χ0v) is 17.3. The summed E-state index contributed by atoms with van der Waals surface area (Å²) in [6.07, 6.45) is 1.99. The van der Waals surface area contributed by atoms with Crippen molar-refractivity contribution in [1.82, 2.24) is 4.90 Å². The van der Waals surface area contributed by atoms with Crippen LogP contribution < -0.4 is 15.4 Å². The van der Waals surface area contributed by atoms with Gasteiger partial charge in [-0.05, 0) is 68.9 Å². The van der Waals surface area contributed by atoms with Crippen molar-refractivity contribution in [3.63, 3.8) is 0 Å². The number of carbonyl (C=O) groups excluding carboxylic acids is 1. The second-order valence-corrected chi connectivity index (χ2v) is 6.49. The zero-order chi connectivity index (χ0) is 17.6. The number of carbonyl (C=O) groups is 1. The SMILES string of the molecule is CN(C)CCOc1ccc(NC(=O)c2cccc3c2CCCN3)cc1.Cl.Cl. The highest BCUT2D eigenvalue weighted by atomic mass is 35.5. The van der Waals surface area contributed by atoms with Crippen LogP contribution in [0.1, 0.15) is 22.3 Å². The fourth-order valence-electron chi connectivity index (χ4n) is 2.90. The summed E-state index contributed by atoms with van der Waals surface area (Å²) in [5.74, 6) is 0.739. The lowest BCUT2D eigenvalue weighted by Gasteiger charge is -2.20. The molecule has 27 heavy (non-hydrogen) atoms. The smallest absolute Gasteiger partial charge is 0.256 e. The lowest BCUT2D eigenvalue weighted by molar-refractivity contribution is 0.102. The van der Waals surface area contributed by atoms with Crippen molar-refractivity contribution >= 4 is 42.1 Å². The predicted octanol–water partition coefficient (Wildman–Crippen LogP) is 4.08. The fraction of sp³-hybridized carbons (Fsp3) is 0.350. The molecule has 0 unspecified atom stereocenters. The lowest BCUT2D eigenvalue weighted by Crippen LogP contribution is -2.19. The summed E-state index contributed by atoms with van der Waals surface area (Å²) in [6.45, 7) is 2.47. The van der Waals surface area contributed by atoms with Crippen LogP contribution in [-0.4, -0.2) is 44.6 Å². The Bertz CT molecular complexity index is 737. The average Bonchev–Trinajstić information content (AvgIpc) is 2.62. The van der Waals surface area contributed by atoms with E-state index in [-0.39, 0.29) is 30.7 Å².